The Morgan fingerprint density at radius 1 is 1.24 bits per heavy atom. The minimum Gasteiger partial charge on any atom is -0.393 e. The summed E-state index contributed by atoms with van der Waals surface area (Å²) in [6.45, 7) is 1.50. The second kappa shape index (κ2) is 6.01. The number of hydrogen-bond acceptors (Lipinski definition) is 4. The Balaban J connectivity index is 1.76. The highest BCUT2D eigenvalue weighted by atomic mass is 16.3. The van der Waals surface area contributed by atoms with Crippen molar-refractivity contribution in [1.82, 2.24) is 4.90 Å². The predicted molar refractivity (Wildman–Crippen MR) is 95.4 cm³/mol. The van der Waals surface area contributed by atoms with Crippen LogP contribution in [0.1, 0.15) is 48.5 Å². The maximum atomic E-state index is 12.5. The Morgan fingerprint density at radius 2 is 1.96 bits per heavy atom. The van der Waals surface area contributed by atoms with E-state index < -0.39 is 6.10 Å². The normalized spacial score (nSPS) is 22.6. The van der Waals surface area contributed by atoms with Gasteiger partial charge in [0.05, 0.1) is 17.9 Å². The van der Waals surface area contributed by atoms with Gasteiger partial charge in [-0.2, -0.15) is 0 Å². The summed E-state index contributed by atoms with van der Waals surface area (Å²) in [6.07, 6.45) is 10.0. The van der Waals surface area contributed by atoms with Crippen LogP contribution in [0.4, 0.5) is 0 Å². The number of nitrogens with zero attached hydrogens (tertiary/aromatic N) is 1. The van der Waals surface area contributed by atoms with E-state index in [1.807, 2.05) is 12.1 Å². The van der Waals surface area contributed by atoms with Gasteiger partial charge in [0, 0.05) is 25.1 Å². The molecule has 1 saturated carbocycles. The van der Waals surface area contributed by atoms with Crippen LogP contribution in [0.3, 0.4) is 0 Å². The molecule has 3 aliphatic rings. The third kappa shape index (κ3) is 2.78. The predicted octanol–water partition coefficient (Wildman–Crippen LogP) is 2.06. The van der Waals surface area contributed by atoms with E-state index in [0.29, 0.717) is 23.0 Å². The number of likely N-dealkylation sites (tertiary alicyclic amines) is 1. The molecule has 4 nitrogen and oxygen atoms in total. The van der Waals surface area contributed by atoms with Crippen LogP contribution in [0.2, 0.25) is 0 Å². The number of ketones is 1. The van der Waals surface area contributed by atoms with E-state index in [-0.39, 0.29) is 12.4 Å². The van der Waals surface area contributed by atoms with E-state index in [1.54, 1.807) is 6.07 Å². The van der Waals surface area contributed by atoms with Crippen LogP contribution in [0.15, 0.2) is 23.8 Å². The van der Waals surface area contributed by atoms with Gasteiger partial charge in [-0.3, -0.25) is 4.79 Å². The van der Waals surface area contributed by atoms with Crippen molar-refractivity contribution in [2.45, 2.75) is 38.2 Å². The van der Waals surface area contributed by atoms with Crippen LogP contribution >= 0.6 is 0 Å². The van der Waals surface area contributed by atoms with Gasteiger partial charge in [0.25, 0.3) is 0 Å². The molecule has 1 spiro atoms. The fraction of sp³-hybridized carbons (Fsp3) is 0.476. The van der Waals surface area contributed by atoms with Crippen LogP contribution < -0.4 is 0 Å². The number of carbonyl (C=O) groups is 1. The Labute approximate surface area is 148 Å². The van der Waals surface area contributed by atoms with Crippen LogP contribution in [0.5, 0.6) is 0 Å². The first-order valence-electron chi connectivity index (χ1n) is 8.98. The molecule has 1 atom stereocenters. The molecule has 4 heteroatoms. The number of allylic oxidation sites excluding steroid dienone is 1. The number of aliphatic hydroxyl groups is 2. The quantitative estimate of drug-likeness (QED) is 0.829. The highest BCUT2D eigenvalue weighted by molar-refractivity contribution is 6.10. The SMILES string of the molecule is C#CC1=C(N2CCC3(CC2)CC3)c2cc(C(O)CO)ccc2CC1=O. The molecule has 0 aromatic heterocycles. The summed E-state index contributed by atoms with van der Waals surface area (Å²) < 4.78 is 0. The van der Waals surface area contributed by atoms with Gasteiger partial charge in [-0.25, -0.2) is 0 Å². The van der Waals surface area contributed by atoms with Crippen LogP contribution in [-0.2, 0) is 11.2 Å². The van der Waals surface area contributed by atoms with Crippen molar-refractivity contribution in [3.05, 3.63) is 40.5 Å². The molecule has 0 bridgehead atoms. The Hall–Kier alpha value is -2.09. The summed E-state index contributed by atoms with van der Waals surface area (Å²) in [4.78, 5) is 14.8. The molecule has 1 unspecified atom stereocenters. The first kappa shape index (κ1) is 16.4. The fourth-order valence-corrected chi connectivity index (χ4v) is 4.17. The molecule has 0 radical (unpaired) electrons. The zero-order chi connectivity index (χ0) is 17.6. The highest BCUT2D eigenvalue weighted by Crippen LogP contribution is 2.54. The zero-order valence-corrected chi connectivity index (χ0v) is 14.3. The van der Waals surface area contributed by atoms with E-state index >= 15 is 0 Å². The molecule has 2 fully saturated rings. The van der Waals surface area contributed by atoms with E-state index in [9.17, 15) is 15.0 Å². The van der Waals surface area contributed by atoms with Gasteiger partial charge in [0.2, 0.25) is 0 Å². The molecule has 1 saturated heterocycles. The first-order valence-corrected chi connectivity index (χ1v) is 8.98. The summed E-state index contributed by atoms with van der Waals surface area (Å²) >= 11 is 0. The van der Waals surface area contributed by atoms with Gasteiger partial charge >= 0.3 is 0 Å². The molecule has 130 valence electrons. The number of hydrogen-bond donors (Lipinski definition) is 2. The van der Waals surface area contributed by atoms with Crippen LogP contribution in [0.25, 0.3) is 5.70 Å². The van der Waals surface area contributed by atoms with Crippen LogP contribution in [-0.4, -0.2) is 40.6 Å². The van der Waals surface area contributed by atoms with Crippen molar-refractivity contribution in [2.24, 2.45) is 5.41 Å². The lowest BCUT2D eigenvalue weighted by Gasteiger charge is -2.38. The molecule has 25 heavy (non-hydrogen) atoms. The first-order chi connectivity index (χ1) is 12.1. The topological polar surface area (TPSA) is 60.8 Å². The average molecular weight is 337 g/mol. The van der Waals surface area contributed by atoms with Crippen LogP contribution in [0, 0.1) is 17.8 Å². The monoisotopic (exact) mass is 337 g/mol. The maximum Gasteiger partial charge on any atom is 0.177 e. The van der Waals surface area contributed by atoms with Gasteiger partial charge in [0.1, 0.15) is 6.10 Å². The third-order valence-corrected chi connectivity index (χ3v) is 6.06. The number of Topliss-reactive ketones (excluding diaryl/α,β-unsaturated/α-hetero) is 1. The van der Waals surface area contributed by atoms with Crippen molar-refractivity contribution >= 4 is 11.5 Å². The largest absolute Gasteiger partial charge is 0.393 e. The van der Waals surface area contributed by atoms with E-state index in [2.05, 4.69) is 10.8 Å². The van der Waals surface area contributed by atoms with E-state index in [4.69, 9.17) is 6.42 Å². The summed E-state index contributed by atoms with van der Waals surface area (Å²) in [5, 5.41) is 19.2. The van der Waals surface area contributed by atoms with Crippen molar-refractivity contribution in [2.75, 3.05) is 19.7 Å². The highest BCUT2D eigenvalue weighted by Gasteiger charge is 2.45. The minimum absolute atomic E-state index is 0.00725. The number of carbonyl (C=O) groups excluding carboxylic acids is 1. The van der Waals surface area contributed by atoms with Gasteiger partial charge in [0.15, 0.2) is 5.78 Å². The Kier molecular flexibility index (Phi) is 3.94. The summed E-state index contributed by atoms with van der Waals surface area (Å²) in [6, 6.07) is 5.54. The fourth-order valence-electron chi connectivity index (χ4n) is 4.17. The maximum absolute atomic E-state index is 12.5. The standard InChI is InChI=1S/C21H23NO3/c1-2-16-18(24)12-14-3-4-15(19(25)13-23)11-17(14)20(16)22-9-7-21(5-6-21)8-10-22/h1,3-4,11,19,23,25H,5-10,12-13H2. The van der Waals surface area contributed by atoms with Gasteiger partial charge < -0.3 is 15.1 Å². The molecule has 1 heterocycles. The second-order valence-electron chi connectivity index (χ2n) is 7.57. The van der Waals surface area contributed by atoms with E-state index in [0.717, 1.165) is 42.8 Å². The summed E-state index contributed by atoms with van der Waals surface area (Å²) in [5.41, 5.74) is 4.37. The molecule has 1 aliphatic heterocycles. The minimum atomic E-state index is -0.922. The number of benzene rings is 1. The molecule has 1 aromatic rings. The molecule has 2 aliphatic carbocycles. The Morgan fingerprint density at radius 3 is 2.56 bits per heavy atom. The van der Waals surface area contributed by atoms with Crippen molar-refractivity contribution < 1.29 is 15.0 Å². The van der Waals surface area contributed by atoms with Gasteiger partial charge in [-0.1, -0.05) is 18.1 Å². The number of aliphatic hydroxyl groups excluding tert-OH is 2. The zero-order valence-electron chi connectivity index (χ0n) is 14.3. The summed E-state index contributed by atoms with van der Waals surface area (Å²) in [5.74, 6) is 2.61. The van der Waals surface area contributed by atoms with Crippen molar-refractivity contribution in [3.8, 4) is 12.3 Å². The Bertz CT molecular complexity index is 788. The number of piperidine rings is 1. The van der Waals surface area contributed by atoms with Gasteiger partial charge in [-0.05, 0) is 48.3 Å². The van der Waals surface area contributed by atoms with Crippen molar-refractivity contribution in [1.29, 1.82) is 0 Å². The van der Waals surface area contributed by atoms with E-state index in [1.165, 1.54) is 12.8 Å². The molecule has 4 rings (SSSR count). The smallest absolute Gasteiger partial charge is 0.177 e. The molecule has 0 amide bonds. The number of terminal acetylenes is 1. The molecule has 2 N–H and O–H groups in total. The molecular formula is C21H23NO3. The lowest BCUT2D eigenvalue weighted by Crippen LogP contribution is -2.36. The average Bonchev–Trinajstić information content (AvgIpc) is 3.39. The molecule has 1 aromatic carbocycles. The second-order valence-corrected chi connectivity index (χ2v) is 7.57. The molecular weight excluding hydrogens is 314 g/mol. The lowest BCUT2D eigenvalue weighted by atomic mass is 9.84. The summed E-state index contributed by atoms with van der Waals surface area (Å²) in [7, 11) is 0. The third-order valence-electron chi connectivity index (χ3n) is 6.06. The number of fused-ring (bicyclic) bond motifs is 1. The van der Waals surface area contributed by atoms with Crippen molar-refractivity contribution in [3.63, 3.8) is 0 Å². The number of rotatable bonds is 3. The van der Waals surface area contributed by atoms with Gasteiger partial charge in [-0.15, -0.1) is 6.42 Å². The lowest BCUT2D eigenvalue weighted by molar-refractivity contribution is -0.114.